The van der Waals surface area contributed by atoms with Crippen molar-refractivity contribution >= 4 is 0 Å². The molecule has 0 amide bonds. The van der Waals surface area contributed by atoms with Crippen LogP contribution in [0.15, 0.2) is 0 Å². The monoisotopic (exact) mass is 278 g/mol. The van der Waals surface area contributed by atoms with E-state index in [1.807, 2.05) is 0 Å². The van der Waals surface area contributed by atoms with Gasteiger partial charge >= 0.3 is 0 Å². The van der Waals surface area contributed by atoms with Gasteiger partial charge in [0.25, 0.3) is 0 Å². The first-order valence-corrected chi connectivity index (χ1v) is 9.10. The highest BCUT2D eigenvalue weighted by atomic mass is 16.5. The zero-order chi connectivity index (χ0) is 13.7. The van der Waals surface area contributed by atoms with Crippen molar-refractivity contribution in [2.24, 2.45) is 41.4 Å². The lowest BCUT2D eigenvalue weighted by atomic mass is 9.53. The molecular formula is C18H30O2. The summed E-state index contributed by atoms with van der Waals surface area (Å²) in [7, 11) is 0. The Morgan fingerprint density at radius 3 is 2.00 bits per heavy atom. The molecule has 0 heterocycles. The second-order valence-corrected chi connectivity index (χ2v) is 8.25. The van der Waals surface area contributed by atoms with Crippen LogP contribution < -0.4 is 0 Å². The lowest BCUT2D eigenvalue weighted by Crippen LogP contribution is -2.45. The molecule has 4 fully saturated rings. The lowest BCUT2D eigenvalue weighted by Gasteiger charge is -2.53. The van der Waals surface area contributed by atoms with Crippen molar-refractivity contribution in [3.05, 3.63) is 0 Å². The SMILES string of the molecule is OC(O)[C@@H]1CC[C@H]2C(CC[C@H]3[C@@H]4CCC[C@H]4CC[C@@H]32)C1. The topological polar surface area (TPSA) is 40.5 Å². The third kappa shape index (κ3) is 2.14. The Balaban J connectivity index is 1.48. The van der Waals surface area contributed by atoms with Gasteiger partial charge in [-0.1, -0.05) is 12.8 Å². The number of hydrogen-bond donors (Lipinski definition) is 2. The fourth-order valence-corrected chi connectivity index (χ4v) is 6.78. The molecule has 2 heteroatoms. The molecule has 4 aliphatic rings. The molecule has 20 heavy (non-hydrogen) atoms. The fraction of sp³-hybridized carbons (Fsp3) is 1.00. The van der Waals surface area contributed by atoms with Gasteiger partial charge in [-0.05, 0) is 86.9 Å². The summed E-state index contributed by atoms with van der Waals surface area (Å²) >= 11 is 0. The fourth-order valence-electron chi connectivity index (χ4n) is 6.78. The maximum atomic E-state index is 9.48. The van der Waals surface area contributed by atoms with Crippen LogP contribution in [-0.4, -0.2) is 16.5 Å². The van der Waals surface area contributed by atoms with Crippen LogP contribution in [0.2, 0.25) is 0 Å². The van der Waals surface area contributed by atoms with E-state index in [4.69, 9.17) is 0 Å². The second-order valence-electron chi connectivity index (χ2n) is 8.25. The summed E-state index contributed by atoms with van der Waals surface area (Å²) in [5, 5.41) is 19.0. The van der Waals surface area contributed by atoms with Gasteiger partial charge in [-0.2, -0.15) is 0 Å². The van der Waals surface area contributed by atoms with Crippen molar-refractivity contribution < 1.29 is 10.2 Å². The van der Waals surface area contributed by atoms with Crippen molar-refractivity contribution in [1.29, 1.82) is 0 Å². The molecule has 0 aliphatic heterocycles. The molecule has 2 N–H and O–H groups in total. The molecule has 4 aliphatic carbocycles. The molecule has 1 unspecified atom stereocenters. The van der Waals surface area contributed by atoms with Crippen LogP contribution in [0.4, 0.5) is 0 Å². The smallest absolute Gasteiger partial charge is 0.154 e. The normalized spacial score (nSPS) is 51.5. The first-order chi connectivity index (χ1) is 9.74. The highest BCUT2D eigenvalue weighted by Gasteiger charge is 2.49. The van der Waals surface area contributed by atoms with Gasteiger partial charge in [0.05, 0.1) is 0 Å². The van der Waals surface area contributed by atoms with E-state index in [2.05, 4.69) is 0 Å². The van der Waals surface area contributed by atoms with Gasteiger partial charge in [0.15, 0.2) is 6.29 Å². The van der Waals surface area contributed by atoms with Crippen molar-refractivity contribution in [2.45, 2.75) is 70.5 Å². The van der Waals surface area contributed by atoms with Crippen LogP contribution in [0.5, 0.6) is 0 Å². The van der Waals surface area contributed by atoms with E-state index in [0.29, 0.717) is 0 Å². The van der Waals surface area contributed by atoms with E-state index in [0.717, 1.165) is 48.3 Å². The quantitative estimate of drug-likeness (QED) is 0.720. The Hall–Kier alpha value is -0.0800. The molecule has 0 aromatic heterocycles. The van der Waals surface area contributed by atoms with Crippen LogP contribution in [-0.2, 0) is 0 Å². The van der Waals surface area contributed by atoms with Crippen LogP contribution in [0.3, 0.4) is 0 Å². The van der Waals surface area contributed by atoms with Crippen molar-refractivity contribution in [1.82, 2.24) is 0 Å². The minimum absolute atomic E-state index is 0.163. The number of aliphatic hydroxyl groups is 2. The van der Waals surface area contributed by atoms with Crippen molar-refractivity contribution in [3.63, 3.8) is 0 Å². The molecule has 0 saturated heterocycles. The van der Waals surface area contributed by atoms with Gasteiger partial charge in [0.1, 0.15) is 0 Å². The number of rotatable bonds is 1. The van der Waals surface area contributed by atoms with Gasteiger partial charge < -0.3 is 10.2 Å². The summed E-state index contributed by atoms with van der Waals surface area (Å²) in [5.41, 5.74) is 0. The highest BCUT2D eigenvalue weighted by molar-refractivity contribution is 4.99. The van der Waals surface area contributed by atoms with E-state index < -0.39 is 6.29 Å². The molecule has 0 spiro atoms. The Morgan fingerprint density at radius 2 is 1.25 bits per heavy atom. The van der Waals surface area contributed by atoms with Crippen molar-refractivity contribution in [3.8, 4) is 0 Å². The van der Waals surface area contributed by atoms with Crippen LogP contribution in [0.1, 0.15) is 64.2 Å². The number of aliphatic hydroxyl groups excluding tert-OH is 1. The first-order valence-electron chi connectivity index (χ1n) is 9.10. The average molecular weight is 278 g/mol. The predicted molar refractivity (Wildman–Crippen MR) is 78.8 cm³/mol. The zero-order valence-electron chi connectivity index (χ0n) is 12.6. The van der Waals surface area contributed by atoms with E-state index in [9.17, 15) is 10.2 Å². The molecule has 114 valence electrons. The molecular weight excluding hydrogens is 248 g/mol. The van der Waals surface area contributed by atoms with Crippen LogP contribution >= 0.6 is 0 Å². The Kier molecular flexibility index (Phi) is 3.58. The van der Waals surface area contributed by atoms with E-state index >= 15 is 0 Å². The minimum Gasteiger partial charge on any atom is -0.368 e. The Morgan fingerprint density at radius 1 is 0.600 bits per heavy atom. The minimum atomic E-state index is -1.07. The Bertz CT molecular complexity index is 353. The standard InChI is InChI=1S/C18H30O2/c19-18(20)13-6-7-15-12(10-13)5-9-16-14-3-1-2-11(14)4-8-17(15)16/h11-20H,1-10H2/t11-,12?,13+,14+,15-,16-,17+/m0/s1. The lowest BCUT2D eigenvalue weighted by molar-refractivity contribution is -0.118. The third-order valence-corrected chi connectivity index (χ3v) is 7.61. The van der Waals surface area contributed by atoms with Crippen LogP contribution in [0, 0.1) is 41.4 Å². The van der Waals surface area contributed by atoms with Gasteiger partial charge in [-0.3, -0.25) is 0 Å². The maximum absolute atomic E-state index is 9.48. The van der Waals surface area contributed by atoms with Gasteiger partial charge in [-0.25, -0.2) is 0 Å². The number of fused-ring (bicyclic) bond motifs is 5. The second kappa shape index (κ2) is 5.28. The summed E-state index contributed by atoms with van der Waals surface area (Å²) in [6, 6.07) is 0. The summed E-state index contributed by atoms with van der Waals surface area (Å²) in [6.07, 6.45) is 12.7. The van der Waals surface area contributed by atoms with Gasteiger partial charge in [0, 0.05) is 5.92 Å². The average Bonchev–Trinajstić information content (AvgIpc) is 2.94. The van der Waals surface area contributed by atoms with Crippen molar-refractivity contribution in [2.75, 3.05) is 0 Å². The third-order valence-electron chi connectivity index (χ3n) is 7.61. The van der Waals surface area contributed by atoms with Crippen LogP contribution in [0.25, 0.3) is 0 Å². The van der Waals surface area contributed by atoms with Gasteiger partial charge in [0.2, 0.25) is 0 Å². The maximum Gasteiger partial charge on any atom is 0.154 e. The molecule has 4 saturated carbocycles. The van der Waals surface area contributed by atoms with E-state index in [-0.39, 0.29) is 5.92 Å². The molecule has 0 aromatic carbocycles. The predicted octanol–water partition coefficient (Wildman–Crippen LogP) is 3.57. The molecule has 7 atom stereocenters. The van der Waals surface area contributed by atoms with E-state index in [1.165, 1.54) is 51.4 Å². The highest BCUT2D eigenvalue weighted by Crippen LogP contribution is 2.58. The number of hydrogen-bond acceptors (Lipinski definition) is 2. The summed E-state index contributed by atoms with van der Waals surface area (Å²) in [5.74, 6) is 6.05. The molecule has 4 rings (SSSR count). The summed E-state index contributed by atoms with van der Waals surface area (Å²) in [6.45, 7) is 0. The zero-order valence-corrected chi connectivity index (χ0v) is 12.6. The molecule has 0 bridgehead atoms. The van der Waals surface area contributed by atoms with Gasteiger partial charge in [-0.15, -0.1) is 0 Å². The molecule has 2 nitrogen and oxygen atoms in total. The molecule has 0 aromatic rings. The summed E-state index contributed by atoms with van der Waals surface area (Å²) < 4.78 is 0. The largest absolute Gasteiger partial charge is 0.368 e. The first kappa shape index (κ1) is 13.6. The Labute approximate surface area is 123 Å². The van der Waals surface area contributed by atoms with E-state index in [1.54, 1.807) is 0 Å². The molecule has 0 radical (unpaired) electrons. The summed E-state index contributed by atoms with van der Waals surface area (Å²) in [4.78, 5) is 0.